The predicted molar refractivity (Wildman–Crippen MR) is 91.0 cm³/mol. The van der Waals surface area contributed by atoms with E-state index in [9.17, 15) is 13.5 Å². The highest BCUT2D eigenvalue weighted by molar-refractivity contribution is 7.89. The lowest BCUT2D eigenvalue weighted by Crippen LogP contribution is -2.35. The molecule has 0 unspecified atom stereocenters. The zero-order valence-electron chi connectivity index (χ0n) is 14.5. The normalized spacial score (nSPS) is 25.7. The second-order valence-electron chi connectivity index (χ2n) is 7.13. The molecule has 9 nitrogen and oxygen atoms in total. The quantitative estimate of drug-likeness (QED) is 0.818. The number of rotatable bonds is 4. The molecule has 1 saturated heterocycles. The summed E-state index contributed by atoms with van der Waals surface area (Å²) in [6.45, 7) is 0.659. The summed E-state index contributed by atoms with van der Waals surface area (Å²) in [5.41, 5.74) is -1.49. The Labute approximate surface area is 155 Å². The molecule has 1 saturated carbocycles. The number of fused-ring (bicyclic) bond motifs is 1. The highest BCUT2D eigenvalue weighted by Gasteiger charge is 2.48. The number of nitrogens with zero attached hydrogens (tertiary/aromatic N) is 3. The maximum absolute atomic E-state index is 13.2. The molecule has 1 aromatic carbocycles. The van der Waals surface area contributed by atoms with Gasteiger partial charge in [0.05, 0.1) is 6.54 Å². The molecule has 144 valence electrons. The lowest BCUT2D eigenvalue weighted by Gasteiger charge is -2.24. The van der Waals surface area contributed by atoms with E-state index in [2.05, 4.69) is 10.1 Å². The molecule has 1 aliphatic carbocycles. The molecule has 0 amide bonds. The molecule has 2 aromatic rings. The number of β-amino-alcohol motifs (C(OH)–C–C–N with tert-alkyl or cyclic N) is 1. The van der Waals surface area contributed by atoms with Crippen LogP contribution in [-0.4, -0.2) is 54.3 Å². The highest BCUT2D eigenvalue weighted by Crippen LogP contribution is 2.42. The Morgan fingerprint density at radius 1 is 1.22 bits per heavy atom. The third-order valence-electron chi connectivity index (χ3n) is 5.14. The van der Waals surface area contributed by atoms with Crippen molar-refractivity contribution in [3.8, 4) is 11.5 Å². The van der Waals surface area contributed by atoms with Gasteiger partial charge in [-0.15, -0.1) is 0 Å². The zero-order chi connectivity index (χ0) is 18.6. The van der Waals surface area contributed by atoms with Crippen LogP contribution in [0.2, 0.25) is 0 Å². The van der Waals surface area contributed by atoms with E-state index in [1.54, 1.807) is 12.1 Å². The first-order valence-electron chi connectivity index (χ1n) is 8.93. The summed E-state index contributed by atoms with van der Waals surface area (Å²) in [4.78, 5) is 4.33. The fourth-order valence-electron chi connectivity index (χ4n) is 3.46. The van der Waals surface area contributed by atoms with Crippen LogP contribution in [0.15, 0.2) is 27.6 Å². The van der Waals surface area contributed by atoms with Crippen molar-refractivity contribution in [2.45, 2.75) is 35.7 Å². The molecular weight excluding hydrogens is 374 g/mol. The molecule has 1 N–H and O–H groups in total. The Balaban J connectivity index is 1.43. The molecule has 0 bridgehead atoms. The Kier molecular flexibility index (Phi) is 3.72. The van der Waals surface area contributed by atoms with Crippen molar-refractivity contribution in [1.82, 2.24) is 14.4 Å². The van der Waals surface area contributed by atoms with Crippen LogP contribution in [0.5, 0.6) is 11.5 Å². The largest absolute Gasteiger partial charge is 0.486 e. The predicted octanol–water partition coefficient (Wildman–Crippen LogP) is 1.00. The first kappa shape index (κ1) is 17.0. The van der Waals surface area contributed by atoms with Gasteiger partial charge in [0.15, 0.2) is 22.9 Å². The summed E-state index contributed by atoms with van der Waals surface area (Å²) in [6, 6.07) is 4.77. The van der Waals surface area contributed by atoms with E-state index in [1.807, 2.05) is 0 Å². The maximum Gasteiger partial charge on any atom is 0.260 e. The summed E-state index contributed by atoms with van der Waals surface area (Å²) in [6.07, 6.45) is 2.21. The van der Waals surface area contributed by atoms with Crippen molar-refractivity contribution < 1.29 is 27.5 Å². The summed E-state index contributed by atoms with van der Waals surface area (Å²) >= 11 is 0. The fraction of sp³-hybridized carbons (Fsp3) is 0.529. The standard InChI is InChI=1S/C17H19N3O6S/c21-17(16-18-15(19-26-16)11-4-5-11)6-7-20(10-17)27(22,23)13-3-1-2-12-14(13)25-9-8-24-12/h1-3,11,21H,4-10H2/t17-/m1/s1. The summed E-state index contributed by atoms with van der Waals surface area (Å²) in [5, 5.41) is 14.9. The second-order valence-corrected chi connectivity index (χ2v) is 9.04. The van der Waals surface area contributed by atoms with Crippen LogP contribution in [0.4, 0.5) is 0 Å². The van der Waals surface area contributed by atoms with Gasteiger partial charge in [-0.3, -0.25) is 0 Å². The summed E-state index contributed by atoms with van der Waals surface area (Å²) < 4.78 is 43.8. The molecule has 2 fully saturated rings. The number of aliphatic hydroxyl groups is 1. The van der Waals surface area contributed by atoms with E-state index in [0.717, 1.165) is 12.8 Å². The number of hydrogen-bond donors (Lipinski definition) is 1. The topological polar surface area (TPSA) is 115 Å². The van der Waals surface area contributed by atoms with Crippen LogP contribution in [0.1, 0.15) is 36.9 Å². The first-order chi connectivity index (χ1) is 13.0. The molecule has 3 heterocycles. The van der Waals surface area contributed by atoms with Crippen molar-refractivity contribution in [2.75, 3.05) is 26.3 Å². The lowest BCUT2D eigenvalue weighted by atomic mass is 10.0. The Morgan fingerprint density at radius 3 is 2.85 bits per heavy atom. The van der Waals surface area contributed by atoms with E-state index in [4.69, 9.17) is 14.0 Å². The minimum Gasteiger partial charge on any atom is -0.486 e. The van der Waals surface area contributed by atoms with Crippen LogP contribution in [0.25, 0.3) is 0 Å². The third-order valence-corrected chi connectivity index (χ3v) is 7.01. The third kappa shape index (κ3) is 2.79. The van der Waals surface area contributed by atoms with Gasteiger partial charge in [0, 0.05) is 18.9 Å². The van der Waals surface area contributed by atoms with E-state index >= 15 is 0 Å². The van der Waals surface area contributed by atoms with Gasteiger partial charge in [0.25, 0.3) is 5.89 Å². The zero-order valence-corrected chi connectivity index (χ0v) is 15.3. The fourth-order valence-corrected chi connectivity index (χ4v) is 5.10. The van der Waals surface area contributed by atoms with Crippen LogP contribution in [0.3, 0.4) is 0 Å². The van der Waals surface area contributed by atoms with Crippen LogP contribution in [0, 0.1) is 0 Å². The molecule has 1 aromatic heterocycles. The summed E-state index contributed by atoms with van der Waals surface area (Å²) in [7, 11) is -3.88. The van der Waals surface area contributed by atoms with Crippen molar-refractivity contribution in [3.63, 3.8) is 0 Å². The van der Waals surface area contributed by atoms with Gasteiger partial charge < -0.3 is 19.1 Å². The molecule has 3 aliphatic rings. The van der Waals surface area contributed by atoms with Crippen LogP contribution in [-0.2, 0) is 15.6 Å². The molecule has 2 aliphatic heterocycles. The molecular formula is C17H19N3O6S. The van der Waals surface area contributed by atoms with E-state index in [1.165, 1.54) is 10.4 Å². The van der Waals surface area contributed by atoms with Gasteiger partial charge in [-0.2, -0.15) is 9.29 Å². The number of benzene rings is 1. The van der Waals surface area contributed by atoms with Crippen molar-refractivity contribution in [2.24, 2.45) is 0 Å². The summed E-state index contributed by atoms with van der Waals surface area (Å²) in [5.74, 6) is 1.58. The van der Waals surface area contributed by atoms with Gasteiger partial charge in [0.1, 0.15) is 18.1 Å². The molecule has 27 heavy (non-hydrogen) atoms. The van der Waals surface area contributed by atoms with Crippen LogP contribution >= 0.6 is 0 Å². The van der Waals surface area contributed by atoms with Crippen LogP contribution < -0.4 is 9.47 Å². The molecule has 1 atom stereocenters. The second kappa shape index (κ2) is 5.91. The molecule has 0 radical (unpaired) electrons. The maximum atomic E-state index is 13.2. The number of aromatic nitrogens is 2. The number of para-hydroxylation sites is 1. The SMILES string of the molecule is O=S(=O)(c1cccc2c1OCCO2)N1CC[C@](O)(c2nc(C3CC3)no2)C1. The van der Waals surface area contributed by atoms with Crippen molar-refractivity contribution in [3.05, 3.63) is 29.9 Å². The number of sulfonamides is 1. The monoisotopic (exact) mass is 393 g/mol. The van der Waals surface area contributed by atoms with E-state index in [0.29, 0.717) is 24.1 Å². The Bertz CT molecular complexity index is 986. The Hall–Kier alpha value is -2.17. The lowest BCUT2D eigenvalue weighted by molar-refractivity contribution is 0.0194. The minimum atomic E-state index is -3.88. The van der Waals surface area contributed by atoms with Gasteiger partial charge in [0.2, 0.25) is 10.0 Å². The molecule has 5 rings (SSSR count). The average Bonchev–Trinajstić information content (AvgIpc) is 3.24. The average molecular weight is 393 g/mol. The first-order valence-corrected chi connectivity index (χ1v) is 10.4. The molecule has 10 heteroatoms. The Morgan fingerprint density at radius 2 is 2.04 bits per heavy atom. The van der Waals surface area contributed by atoms with Gasteiger partial charge in [-0.25, -0.2) is 8.42 Å². The van der Waals surface area contributed by atoms with Crippen molar-refractivity contribution in [1.29, 1.82) is 0 Å². The minimum absolute atomic E-state index is 0.0353. The van der Waals surface area contributed by atoms with E-state index in [-0.39, 0.29) is 42.7 Å². The van der Waals surface area contributed by atoms with Crippen molar-refractivity contribution >= 4 is 10.0 Å². The van der Waals surface area contributed by atoms with Gasteiger partial charge in [-0.1, -0.05) is 11.2 Å². The highest BCUT2D eigenvalue weighted by atomic mass is 32.2. The molecule has 0 spiro atoms. The number of ether oxygens (including phenoxy) is 2. The smallest absolute Gasteiger partial charge is 0.260 e. The van der Waals surface area contributed by atoms with Gasteiger partial charge in [-0.05, 0) is 25.0 Å². The number of hydrogen-bond acceptors (Lipinski definition) is 8. The van der Waals surface area contributed by atoms with Gasteiger partial charge >= 0.3 is 0 Å². The van der Waals surface area contributed by atoms with E-state index < -0.39 is 15.6 Å².